The fourth-order valence-corrected chi connectivity index (χ4v) is 15.7. The van der Waals surface area contributed by atoms with Crippen LogP contribution in [0.3, 0.4) is 0 Å². The zero-order valence-electron chi connectivity index (χ0n) is 26.7. The average Bonchev–Trinajstić information content (AvgIpc) is 3.58. The molecule has 4 heteroatoms. The maximum absolute atomic E-state index is 6.69. The van der Waals surface area contributed by atoms with E-state index in [-0.39, 0.29) is 35.6 Å². The molecule has 0 atom stereocenters. The van der Waals surface area contributed by atoms with Crippen molar-refractivity contribution in [3.63, 3.8) is 0 Å². The van der Waals surface area contributed by atoms with Gasteiger partial charge in [0.05, 0.1) is 0 Å². The summed E-state index contributed by atoms with van der Waals surface area (Å²) in [5, 5.41) is 0.801. The van der Waals surface area contributed by atoms with Gasteiger partial charge in [0.15, 0.2) is 0 Å². The van der Waals surface area contributed by atoms with Gasteiger partial charge >= 0.3 is 267 Å². The first kappa shape index (κ1) is 34.8. The summed E-state index contributed by atoms with van der Waals surface area (Å²) in [6, 6.07) is 32.6. The molecule has 0 bridgehead atoms. The van der Waals surface area contributed by atoms with E-state index >= 15 is 0 Å². The van der Waals surface area contributed by atoms with Gasteiger partial charge in [-0.05, 0) is 0 Å². The van der Waals surface area contributed by atoms with Crippen molar-refractivity contribution in [1.82, 2.24) is 0 Å². The van der Waals surface area contributed by atoms with Gasteiger partial charge in [0.1, 0.15) is 0 Å². The van der Waals surface area contributed by atoms with Gasteiger partial charge in [-0.15, -0.1) is 0 Å². The van der Waals surface area contributed by atoms with Crippen LogP contribution in [0, 0.1) is 6.92 Å². The molecule has 0 saturated heterocycles. The molecule has 0 aliphatic heterocycles. The number of benzene rings is 4. The van der Waals surface area contributed by atoms with Crippen LogP contribution in [0.25, 0.3) is 11.1 Å². The van der Waals surface area contributed by atoms with E-state index in [4.69, 9.17) is 11.6 Å². The van der Waals surface area contributed by atoms with E-state index in [1.165, 1.54) is 50.1 Å². The van der Waals surface area contributed by atoms with Crippen molar-refractivity contribution >= 4 is 14.8 Å². The van der Waals surface area contributed by atoms with Crippen molar-refractivity contribution in [3.05, 3.63) is 150 Å². The molecule has 226 valence electrons. The largest absolute Gasteiger partial charge is 1.00 e. The number of hydrogen-bond donors (Lipinski definition) is 0. The first-order valence-corrected chi connectivity index (χ1v) is 19.4. The number of halogens is 3. The van der Waals surface area contributed by atoms with Crippen molar-refractivity contribution in [3.8, 4) is 11.1 Å². The fraction of sp³-hybridized carbons (Fsp3) is 0.275. The predicted molar refractivity (Wildman–Crippen MR) is 179 cm³/mol. The van der Waals surface area contributed by atoms with Crippen molar-refractivity contribution in [2.45, 2.75) is 69.3 Å². The normalized spacial score (nSPS) is 14.3. The molecule has 6 rings (SSSR count). The third-order valence-corrected chi connectivity index (χ3v) is 17.4. The van der Waals surface area contributed by atoms with Gasteiger partial charge in [0.2, 0.25) is 0 Å². The van der Waals surface area contributed by atoms with Crippen LogP contribution in [0.15, 0.2) is 106 Å². The molecule has 0 fully saturated rings. The molecule has 0 heterocycles. The van der Waals surface area contributed by atoms with Crippen LogP contribution in [-0.4, -0.2) is 3.21 Å². The third kappa shape index (κ3) is 6.73. The summed E-state index contributed by atoms with van der Waals surface area (Å²) in [6.07, 6.45) is 8.12. The predicted octanol–water partition coefficient (Wildman–Crippen LogP) is 5.05. The molecule has 2 aliphatic carbocycles. The Kier molecular flexibility index (Phi) is 10.6. The molecular formula is C40H41Cl3Zr. The molecular weight excluding hydrogens is 678 g/mol. The molecule has 0 aromatic heterocycles. The monoisotopic (exact) mass is 716 g/mol. The molecule has 44 heavy (non-hydrogen) atoms. The van der Waals surface area contributed by atoms with Crippen LogP contribution in [0.4, 0.5) is 0 Å². The van der Waals surface area contributed by atoms with Gasteiger partial charge in [-0.2, -0.15) is 0 Å². The van der Waals surface area contributed by atoms with Gasteiger partial charge in [-0.3, -0.25) is 0 Å². The number of allylic oxidation sites excluding steroid dienone is 4. The molecule has 4 aromatic rings. The Bertz CT molecular complexity index is 1710. The smallest absolute Gasteiger partial charge is 1.00 e. The number of rotatable bonds is 4. The molecule has 4 aromatic carbocycles. The van der Waals surface area contributed by atoms with Crippen LogP contribution < -0.4 is 24.8 Å². The Morgan fingerprint density at radius 2 is 1.27 bits per heavy atom. The maximum atomic E-state index is 6.69. The number of aryl methyl sites for hydroxylation is 1. The Balaban J connectivity index is 0.00000221. The first-order chi connectivity index (χ1) is 19.9. The van der Waals surface area contributed by atoms with Crippen LogP contribution >= 0.6 is 11.6 Å². The molecule has 0 spiro atoms. The zero-order chi connectivity index (χ0) is 29.8. The third-order valence-electron chi connectivity index (χ3n) is 8.88. The molecule has 0 unspecified atom stereocenters. The summed E-state index contributed by atoms with van der Waals surface area (Å²) >= 11 is 3.97. The van der Waals surface area contributed by atoms with Gasteiger partial charge in [0.25, 0.3) is 0 Å². The van der Waals surface area contributed by atoms with E-state index in [1.54, 1.807) is 6.49 Å². The minimum absolute atomic E-state index is 0. The van der Waals surface area contributed by atoms with Crippen LogP contribution in [-0.2, 0) is 32.1 Å². The maximum Gasteiger partial charge on any atom is -1.00 e. The van der Waals surface area contributed by atoms with E-state index in [2.05, 4.69) is 146 Å². The summed E-state index contributed by atoms with van der Waals surface area (Å²) in [5.74, 6) is 0. The molecule has 0 N–H and O–H groups in total. The van der Waals surface area contributed by atoms with E-state index in [0.29, 0.717) is 3.63 Å². The Morgan fingerprint density at radius 1 is 0.705 bits per heavy atom. The summed E-state index contributed by atoms with van der Waals surface area (Å²) in [5.41, 5.74) is 12.8. The van der Waals surface area contributed by atoms with Crippen molar-refractivity contribution in [2.75, 3.05) is 0 Å². The van der Waals surface area contributed by atoms with Crippen molar-refractivity contribution in [1.29, 1.82) is 0 Å². The topological polar surface area (TPSA) is 0 Å². The van der Waals surface area contributed by atoms with Gasteiger partial charge in [-0.1, -0.05) is 0 Å². The van der Waals surface area contributed by atoms with E-state index in [9.17, 15) is 0 Å². The Morgan fingerprint density at radius 3 is 1.75 bits per heavy atom. The fourth-order valence-electron chi connectivity index (χ4n) is 6.47. The van der Waals surface area contributed by atoms with Crippen LogP contribution in [0.1, 0.15) is 90.5 Å². The summed E-state index contributed by atoms with van der Waals surface area (Å²) in [4.78, 5) is 0. The Hall–Kier alpha value is -2.02. The molecule has 0 saturated carbocycles. The molecule has 2 aliphatic rings. The molecule has 0 amide bonds. The summed E-state index contributed by atoms with van der Waals surface area (Å²) in [7, 11) is 0. The standard InChI is InChI=1S/C21H25.C14H11Cl.C5H5.2ClH.Zr/c1-20(2,3)16-9-7-14-11-15-8-10-17(21(4,5)6)13-19(15)18(14)12-16;1-11-5-7-12(8-6-11)9-13-3-2-4-14(15)10-13;1-2-4-5-3-1;;;/h7-13H,1-6H3;2-8,10H,1H3;1-3H,4H2;2*1H;/q;;;;;+2/p-2. The van der Waals surface area contributed by atoms with Gasteiger partial charge in [-0.25, -0.2) is 0 Å². The van der Waals surface area contributed by atoms with E-state index in [1.807, 2.05) is 6.07 Å². The van der Waals surface area contributed by atoms with E-state index < -0.39 is 21.3 Å². The second-order valence-corrected chi connectivity index (χ2v) is 20.7. The average molecular weight is 719 g/mol. The van der Waals surface area contributed by atoms with Crippen LogP contribution in [0.2, 0.25) is 5.02 Å². The number of hydrogen-bond acceptors (Lipinski definition) is 0. The number of fused-ring (bicyclic) bond motifs is 3. The van der Waals surface area contributed by atoms with Gasteiger partial charge in [0, 0.05) is 0 Å². The Labute approximate surface area is 289 Å². The van der Waals surface area contributed by atoms with Crippen molar-refractivity contribution in [2.24, 2.45) is 0 Å². The molecule has 0 nitrogen and oxygen atoms in total. The second kappa shape index (κ2) is 13.4. The first-order valence-electron chi connectivity index (χ1n) is 15.1. The van der Waals surface area contributed by atoms with Crippen molar-refractivity contribution < 1.29 is 46.1 Å². The van der Waals surface area contributed by atoms with Crippen LogP contribution in [0.5, 0.6) is 0 Å². The summed E-state index contributed by atoms with van der Waals surface area (Å²) < 4.78 is 3.58. The summed E-state index contributed by atoms with van der Waals surface area (Å²) in [6.45, 7) is 16.1. The second-order valence-electron chi connectivity index (χ2n) is 14.0. The minimum Gasteiger partial charge on any atom is -1.00 e. The zero-order valence-corrected chi connectivity index (χ0v) is 31.5. The molecule has 0 radical (unpaired) electrons. The minimum atomic E-state index is -2.72. The SMILES string of the molecule is Cc1ccc(/[C](c2cccc(Cl)c2)=[Zr+2](/[C]2=CC=CC2)[CH]2c3ccc(C(C)(C)C)cc3-c3cc(C(C)(C)C)ccc32)cc1.[Cl-].[Cl-]. The van der Waals surface area contributed by atoms with Gasteiger partial charge < -0.3 is 24.8 Å². The van der Waals surface area contributed by atoms with E-state index in [0.717, 1.165) is 11.4 Å². The quantitative estimate of drug-likeness (QED) is 0.277.